The molecule has 0 saturated heterocycles. The number of aryl methyl sites for hydroxylation is 2. The van der Waals surface area contributed by atoms with Crippen LogP contribution in [0.1, 0.15) is 27.2 Å². The van der Waals surface area contributed by atoms with Crippen molar-refractivity contribution < 1.29 is 9.21 Å². The first-order chi connectivity index (χ1) is 13.6. The van der Waals surface area contributed by atoms with Crippen molar-refractivity contribution in [3.05, 3.63) is 95.6 Å². The van der Waals surface area contributed by atoms with Gasteiger partial charge in [-0.25, -0.2) is 4.68 Å². The highest BCUT2D eigenvalue weighted by Gasteiger charge is 2.20. The number of carbonyl (C=O) groups is 1. The number of nitrogens with zero attached hydrogens (tertiary/aromatic N) is 2. The van der Waals surface area contributed by atoms with E-state index >= 15 is 0 Å². The fourth-order valence-electron chi connectivity index (χ4n) is 3.21. The number of hydrogen-bond donors (Lipinski definition) is 1. The van der Waals surface area contributed by atoms with E-state index in [1.165, 1.54) is 5.56 Å². The first-order valence-electron chi connectivity index (χ1n) is 9.15. The van der Waals surface area contributed by atoms with Crippen LogP contribution in [0, 0.1) is 13.8 Å². The Morgan fingerprint density at radius 3 is 2.61 bits per heavy atom. The van der Waals surface area contributed by atoms with Gasteiger partial charge >= 0.3 is 0 Å². The highest BCUT2D eigenvalue weighted by atomic mass is 16.3. The third-order valence-electron chi connectivity index (χ3n) is 4.62. The average Bonchev–Trinajstić information content (AvgIpc) is 3.37. The molecule has 0 spiro atoms. The maximum atomic E-state index is 13.0. The van der Waals surface area contributed by atoms with Gasteiger partial charge in [-0.15, -0.1) is 0 Å². The number of aromatic nitrogens is 2. The van der Waals surface area contributed by atoms with E-state index in [0.717, 1.165) is 16.8 Å². The van der Waals surface area contributed by atoms with E-state index in [2.05, 4.69) is 18.3 Å². The lowest BCUT2D eigenvalue weighted by Crippen LogP contribution is -2.22. The lowest BCUT2D eigenvalue weighted by molar-refractivity contribution is 0.0948. The molecule has 5 heteroatoms. The molecule has 28 heavy (non-hydrogen) atoms. The SMILES string of the molecule is Cc1ccc(-c2nn(-c3ccccc3)cc2C(=O)NCc2ccco2)c(C)c1. The molecule has 0 saturated carbocycles. The van der Waals surface area contributed by atoms with E-state index in [1.54, 1.807) is 23.2 Å². The van der Waals surface area contributed by atoms with Crippen LogP contribution in [0.2, 0.25) is 0 Å². The van der Waals surface area contributed by atoms with Crippen LogP contribution >= 0.6 is 0 Å². The van der Waals surface area contributed by atoms with Crippen LogP contribution in [-0.2, 0) is 6.54 Å². The molecular formula is C23H21N3O2. The summed E-state index contributed by atoms with van der Waals surface area (Å²) in [5.41, 5.74) is 5.30. The number of benzene rings is 2. The van der Waals surface area contributed by atoms with Crippen LogP contribution < -0.4 is 5.32 Å². The Labute approximate surface area is 163 Å². The number of furan rings is 1. The summed E-state index contributed by atoms with van der Waals surface area (Å²) in [4.78, 5) is 13.0. The van der Waals surface area contributed by atoms with Gasteiger partial charge in [0.2, 0.25) is 0 Å². The van der Waals surface area contributed by atoms with Gasteiger partial charge < -0.3 is 9.73 Å². The fourth-order valence-corrected chi connectivity index (χ4v) is 3.21. The molecule has 1 N–H and O–H groups in total. The van der Waals surface area contributed by atoms with Gasteiger partial charge in [0.1, 0.15) is 11.5 Å². The monoisotopic (exact) mass is 371 g/mol. The molecule has 2 aromatic carbocycles. The molecule has 4 rings (SSSR count). The molecule has 0 atom stereocenters. The maximum absolute atomic E-state index is 13.0. The zero-order valence-electron chi connectivity index (χ0n) is 15.8. The predicted molar refractivity (Wildman–Crippen MR) is 108 cm³/mol. The Morgan fingerprint density at radius 2 is 1.89 bits per heavy atom. The lowest BCUT2D eigenvalue weighted by atomic mass is 10.0. The first kappa shape index (κ1) is 17.8. The van der Waals surface area contributed by atoms with Crippen molar-refractivity contribution in [2.24, 2.45) is 0 Å². The first-order valence-corrected chi connectivity index (χ1v) is 9.15. The van der Waals surface area contributed by atoms with Crippen LogP contribution in [0.4, 0.5) is 0 Å². The van der Waals surface area contributed by atoms with E-state index in [1.807, 2.05) is 55.5 Å². The molecule has 0 radical (unpaired) electrons. The zero-order valence-corrected chi connectivity index (χ0v) is 15.8. The summed E-state index contributed by atoms with van der Waals surface area (Å²) in [6.07, 6.45) is 3.37. The largest absolute Gasteiger partial charge is 0.467 e. The number of rotatable bonds is 5. The Balaban J connectivity index is 1.74. The standard InChI is InChI=1S/C23H21N3O2/c1-16-10-11-20(17(2)13-16)22-21(23(27)24-14-19-9-6-12-28-19)15-26(25-22)18-7-4-3-5-8-18/h3-13,15H,14H2,1-2H3,(H,24,27). The van der Waals surface area contributed by atoms with Gasteiger partial charge in [0.15, 0.2) is 0 Å². The van der Waals surface area contributed by atoms with Crippen molar-refractivity contribution in [2.75, 3.05) is 0 Å². The molecule has 0 bridgehead atoms. The molecule has 2 aromatic heterocycles. The van der Waals surface area contributed by atoms with Gasteiger partial charge in [0, 0.05) is 11.8 Å². The summed E-state index contributed by atoms with van der Waals surface area (Å²) < 4.78 is 7.05. The van der Waals surface area contributed by atoms with Crippen molar-refractivity contribution in [2.45, 2.75) is 20.4 Å². The third kappa shape index (κ3) is 3.60. The lowest BCUT2D eigenvalue weighted by Gasteiger charge is -2.07. The van der Waals surface area contributed by atoms with E-state index in [-0.39, 0.29) is 5.91 Å². The minimum Gasteiger partial charge on any atom is -0.467 e. The number of amides is 1. The van der Waals surface area contributed by atoms with Gasteiger partial charge in [-0.2, -0.15) is 5.10 Å². The van der Waals surface area contributed by atoms with Gasteiger partial charge in [0.25, 0.3) is 5.91 Å². The average molecular weight is 371 g/mol. The molecule has 140 valence electrons. The molecule has 1 amide bonds. The topological polar surface area (TPSA) is 60.1 Å². The normalized spacial score (nSPS) is 10.8. The van der Waals surface area contributed by atoms with Crippen LogP contribution in [0.25, 0.3) is 16.9 Å². The van der Waals surface area contributed by atoms with E-state index in [0.29, 0.717) is 23.6 Å². The second-order valence-electron chi connectivity index (χ2n) is 6.75. The van der Waals surface area contributed by atoms with E-state index < -0.39 is 0 Å². The molecule has 0 aliphatic rings. The molecule has 2 heterocycles. The van der Waals surface area contributed by atoms with Gasteiger partial charge in [0.05, 0.1) is 24.1 Å². The molecule has 0 aliphatic carbocycles. The quantitative estimate of drug-likeness (QED) is 0.554. The van der Waals surface area contributed by atoms with Gasteiger partial charge in [-0.05, 0) is 43.7 Å². The van der Waals surface area contributed by atoms with Crippen LogP contribution in [-0.4, -0.2) is 15.7 Å². The molecule has 4 aromatic rings. The third-order valence-corrected chi connectivity index (χ3v) is 4.62. The van der Waals surface area contributed by atoms with Crippen LogP contribution in [0.15, 0.2) is 77.5 Å². The van der Waals surface area contributed by atoms with E-state index in [4.69, 9.17) is 9.52 Å². The molecule has 0 aliphatic heterocycles. The summed E-state index contributed by atoms with van der Waals surface area (Å²) in [7, 11) is 0. The Kier molecular flexibility index (Phi) is 4.81. The summed E-state index contributed by atoms with van der Waals surface area (Å²) >= 11 is 0. The van der Waals surface area contributed by atoms with Gasteiger partial charge in [-0.3, -0.25) is 4.79 Å². The summed E-state index contributed by atoms with van der Waals surface area (Å²) in [6, 6.07) is 19.6. The van der Waals surface area contributed by atoms with E-state index in [9.17, 15) is 4.79 Å². The van der Waals surface area contributed by atoms with Crippen molar-refractivity contribution in [1.29, 1.82) is 0 Å². The Bertz CT molecular complexity index is 1100. The molecule has 5 nitrogen and oxygen atoms in total. The smallest absolute Gasteiger partial charge is 0.255 e. The summed E-state index contributed by atoms with van der Waals surface area (Å²) in [5, 5.41) is 7.66. The predicted octanol–water partition coefficient (Wildman–Crippen LogP) is 4.68. The fraction of sp³-hybridized carbons (Fsp3) is 0.130. The van der Waals surface area contributed by atoms with Crippen LogP contribution in [0.5, 0.6) is 0 Å². The van der Waals surface area contributed by atoms with Crippen LogP contribution in [0.3, 0.4) is 0 Å². The number of para-hydroxylation sites is 1. The van der Waals surface area contributed by atoms with Crippen molar-refractivity contribution >= 4 is 5.91 Å². The van der Waals surface area contributed by atoms with Crippen molar-refractivity contribution in [3.63, 3.8) is 0 Å². The van der Waals surface area contributed by atoms with Gasteiger partial charge in [-0.1, -0.05) is 42.0 Å². The number of carbonyl (C=O) groups excluding carboxylic acids is 1. The second-order valence-corrected chi connectivity index (χ2v) is 6.75. The second kappa shape index (κ2) is 7.56. The molecule has 0 fully saturated rings. The Morgan fingerprint density at radius 1 is 1.07 bits per heavy atom. The number of nitrogens with one attached hydrogen (secondary N) is 1. The highest BCUT2D eigenvalue weighted by molar-refractivity contribution is 6.00. The zero-order chi connectivity index (χ0) is 19.5. The summed E-state index contributed by atoms with van der Waals surface area (Å²) in [5.74, 6) is 0.519. The highest BCUT2D eigenvalue weighted by Crippen LogP contribution is 2.27. The minimum absolute atomic E-state index is 0.187. The molecular weight excluding hydrogens is 350 g/mol. The minimum atomic E-state index is -0.187. The number of hydrogen-bond acceptors (Lipinski definition) is 3. The molecule has 0 unspecified atom stereocenters. The maximum Gasteiger partial charge on any atom is 0.255 e. The van der Waals surface area contributed by atoms with Crippen molar-refractivity contribution in [3.8, 4) is 16.9 Å². The summed E-state index contributed by atoms with van der Waals surface area (Å²) in [6.45, 7) is 4.42. The van der Waals surface area contributed by atoms with Crippen molar-refractivity contribution in [1.82, 2.24) is 15.1 Å². The Hall–Kier alpha value is -3.60.